The number of hydrogen-bond acceptors (Lipinski definition) is 2. The second-order valence-corrected chi connectivity index (χ2v) is 10.3. The molecule has 1 N–H and O–H groups in total. The summed E-state index contributed by atoms with van der Waals surface area (Å²) in [5, 5.41) is 3.68. The number of rotatable bonds is 4. The van der Waals surface area contributed by atoms with Crippen LogP contribution in [0, 0.1) is 0 Å². The highest BCUT2D eigenvalue weighted by Gasteiger charge is 2.39. The molecule has 0 bridgehead atoms. The number of H-pyrrole nitrogens is 1. The lowest BCUT2D eigenvalue weighted by Crippen LogP contribution is -2.43. The van der Waals surface area contributed by atoms with Crippen molar-refractivity contribution in [2.24, 2.45) is 5.11 Å². The van der Waals surface area contributed by atoms with Gasteiger partial charge >= 0.3 is 0 Å². The lowest BCUT2D eigenvalue weighted by molar-refractivity contribution is 0.492. The monoisotopic (exact) mass is 252 g/mol. The quantitative estimate of drug-likeness (QED) is 0.370. The van der Waals surface area contributed by atoms with Crippen LogP contribution in [0.15, 0.2) is 17.4 Å². The van der Waals surface area contributed by atoms with Gasteiger partial charge in [0.2, 0.25) is 0 Å². The van der Waals surface area contributed by atoms with Crippen LogP contribution in [0.1, 0.15) is 26.5 Å². The second-order valence-electron chi connectivity index (χ2n) is 5.61. The summed E-state index contributed by atoms with van der Waals surface area (Å²) in [5.74, 6) is 0.833. The highest BCUT2D eigenvalue weighted by Crippen LogP contribution is 2.37. The van der Waals surface area contributed by atoms with E-state index >= 15 is 0 Å². The van der Waals surface area contributed by atoms with E-state index < -0.39 is 8.32 Å². The van der Waals surface area contributed by atoms with Gasteiger partial charge in [-0.25, -0.2) is 0 Å². The number of nitrogens with zero attached hydrogens (tertiary/aromatic N) is 3. The van der Waals surface area contributed by atoms with Crippen LogP contribution >= 0.6 is 0 Å². The highest BCUT2D eigenvalue weighted by molar-refractivity contribution is 6.74. The van der Waals surface area contributed by atoms with Crippen LogP contribution in [0.4, 0.5) is 0 Å². The zero-order valence-electron chi connectivity index (χ0n) is 11.1. The van der Waals surface area contributed by atoms with Crippen molar-refractivity contribution in [2.45, 2.75) is 45.4 Å². The van der Waals surface area contributed by atoms with Crippen LogP contribution < -0.4 is 4.43 Å². The fraction of sp³-hybridized carbons (Fsp3) is 0.636. The van der Waals surface area contributed by atoms with Gasteiger partial charge in [0, 0.05) is 16.8 Å². The van der Waals surface area contributed by atoms with Crippen molar-refractivity contribution >= 4 is 8.32 Å². The zero-order valence-corrected chi connectivity index (χ0v) is 12.1. The van der Waals surface area contributed by atoms with Crippen molar-refractivity contribution in [1.82, 2.24) is 4.98 Å². The Morgan fingerprint density at radius 2 is 2.12 bits per heavy atom. The Kier molecular flexibility index (Phi) is 3.90. The number of hydrogen-bond donors (Lipinski definition) is 1. The minimum atomic E-state index is -1.79. The van der Waals surface area contributed by atoms with Crippen LogP contribution in [0.2, 0.25) is 18.1 Å². The molecule has 0 saturated carbocycles. The first-order valence-electron chi connectivity index (χ1n) is 5.63. The van der Waals surface area contributed by atoms with E-state index in [4.69, 9.17) is 9.96 Å². The van der Waals surface area contributed by atoms with Crippen LogP contribution in [0.5, 0.6) is 5.75 Å². The third-order valence-electron chi connectivity index (χ3n) is 3.20. The van der Waals surface area contributed by atoms with E-state index in [0.717, 1.165) is 11.4 Å². The second kappa shape index (κ2) is 4.85. The summed E-state index contributed by atoms with van der Waals surface area (Å²) in [6.07, 6.45) is 1.82. The molecule has 6 heteroatoms. The van der Waals surface area contributed by atoms with E-state index in [9.17, 15) is 0 Å². The molecule has 1 aromatic rings. The zero-order chi connectivity index (χ0) is 13.1. The van der Waals surface area contributed by atoms with Gasteiger partial charge in [0.1, 0.15) is 5.75 Å². The maximum absolute atomic E-state index is 8.25. The molecule has 0 atom stereocenters. The van der Waals surface area contributed by atoms with Gasteiger partial charge in [-0.05, 0) is 29.7 Å². The molecule has 94 valence electrons. The van der Waals surface area contributed by atoms with Crippen molar-refractivity contribution in [3.8, 4) is 5.75 Å². The topological polar surface area (TPSA) is 73.8 Å². The molecule has 1 heterocycles. The predicted octanol–water partition coefficient (Wildman–Crippen LogP) is 4.21. The van der Waals surface area contributed by atoms with E-state index in [-0.39, 0.29) is 5.04 Å². The van der Waals surface area contributed by atoms with Crippen LogP contribution in [0.25, 0.3) is 10.4 Å². The summed E-state index contributed by atoms with van der Waals surface area (Å²) in [6, 6.07) is 1.90. The molecule has 0 saturated heterocycles. The minimum absolute atomic E-state index is 0.176. The first-order valence-corrected chi connectivity index (χ1v) is 8.54. The molecule has 0 aliphatic heterocycles. The van der Waals surface area contributed by atoms with Crippen LogP contribution in [0.3, 0.4) is 0 Å². The highest BCUT2D eigenvalue weighted by atomic mass is 28.4. The van der Waals surface area contributed by atoms with E-state index in [0.29, 0.717) is 6.54 Å². The number of aromatic nitrogens is 1. The van der Waals surface area contributed by atoms with Crippen LogP contribution in [-0.2, 0) is 6.54 Å². The summed E-state index contributed by atoms with van der Waals surface area (Å²) in [6.45, 7) is 11.3. The molecular formula is C11H20N4OSi. The van der Waals surface area contributed by atoms with Gasteiger partial charge in [-0.2, -0.15) is 0 Å². The third kappa shape index (κ3) is 3.54. The Labute approximate surface area is 103 Å². The van der Waals surface area contributed by atoms with E-state index in [2.05, 4.69) is 48.9 Å². The molecule has 1 rings (SSSR count). The number of aromatic amines is 1. The van der Waals surface area contributed by atoms with Gasteiger partial charge in [-0.1, -0.05) is 25.9 Å². The largest absolute Gasteiger partial charge is 0.542 e. The predicted molar refractivity (Wildman–Crippen MR) is 71.5 cm³/mol. The molecule has 0 aromatic carbocycles. The smallest absolute Gasteiger partial charge is 0.250 e. The molecule has 0 spiro atoms. The molecule has 0 unspecified atom stereocenters. The maximum atomic E-state index is 8.25. The van der Waals surface area contributed by atoms with Crippen molar-refractivity contribution in [1.29, 1.82) is 0 Å². The summed E-state index contributed by atoms with van der Waals surface area (Å²) in [4.78, 5) is 5.77. The molecule has 0 aliphatic carbocycles. The first-order chi connectivity index (χ1) is 7.76. The average molecular weight is 252 g/mol. The SMILES string of the molecule is CC(C)(C)[Si](C)(C)Oc1c[nH]c(CN=[N+]=[N-])c1. The van der Waals surface area contributed by atoms with E-state index in [1.807, 2.05) is 12.3 Å². The fourth-order valence-corrected chi connectivity index (χ4v) is 2.14. The molecule has 0 aliphatic rings. The first kappa shape index (κ1) is 13.7. The van der Waals surface area contributed by atoms with Gasteiger partial charge in [-0.15, -0.1) is 0 Å². The summed E-state index contributed by atoms with van der Waals surface area (Å²) in [5.41, 5.74) is 9.12. The van der Waals surface area contributed by atoms with Gasteiger partial charge in [-0.3, -0.25) is 0 Å². The average Bonchev–Trinajstić information content (AvgIpc) is 2.60. The van der Waals surface area contributed by atoms with Crippen molar-refractivity contribution in [3.05, 3.63) is 28.4 Å². The van der Waals surface area contributed by atoms with Gasteiger partial charge in [0.25, 0.3) is 8.32 Å². The Bertz CT molecular complexity index is 427. The molecule has 1 aromatic heterocycles. The van der Waals surface area contributed by atoms with E-state index in [1.165, 1.54) is 0 Å². The summed E-state index contributed by atoms with van der Waals surface area (Å²) in [7, 11) is -1.79. The Morgan fingerprint density at radius 3 is 2.65 bits per heavy atom. The molecule has 0 amide bonds. The minimum Gasteiger partial charge on any atom is -0.542 e. The normalized spacial score (nSPS) is 12.1. The number of nitrogens with one attached hydrogen (secondary N) is 1. The van der Waals surface area contributed by atoms with Gasteiger partial charge in [0.05, 0.1) is 6.54 Å². The Morgan fingerprint density at radius 1 is 1.47 bits per heavy atom. The lowest BCUT2D eigenvalue weighted by atomic mass is 10.2. The molecule has 0 fully saturated rings. The molecule has 5 nitrogen and oxygen atoms in total. The molecular weight excluding hydrogens is 232 g/mol. The summed E-state index contributed by atoms with van der Waals surface area (Å²) < 4.78 is 6.10. The van der Waals surface area contributed by atoms with Crippen molar-refractivity contribution < 1.29 is 4.43 Å². The lowest BCUT2D eigenvalue weighted by Gasteiger charge is -2.36. The van der Waals surface area contributed by atoms with Gasteiger partial charge < -0.3 is 9.41 Å². The van der Waals surface area contributed by atoms with E-state index in [1.54, 1.807) is 0 Å². The van der Waals surface area contributed by atoms with Crippen LogP contribution in [-0.4, -0.2) is 13.3 Å². The molecule has 17 heavy (non-hydrogen) atoms. The summed E-state index contributed by atoms with van der Waals surface area (Å²) >= 11 is 0. The Hall–Kier alpha value is -1.39. The fourth-order valence-electron chi connectivity index (χ4n) is 1.12. The number of azide groups is 1. The third-order valence-corrected chi connectivity index (χ3v) is 7.56. The van der Waals surface area contributed by atoms with Gasteiger partial charge in [0.15, 0.2) is 0 Å². The standard InChI is InChI=1S/C11H20N4OSi/c1-11(2,3)17(4,5)16-10-6-9(13-8-10)7-14-15-12/h6,8,13H,7H2,1-5H3. The molecule has 0 radical (unpaired) electrons. The Balaban J connectivity index is 2.76. The maximum Gasteiger partial charge on any atom is 0.250 e. The van der Waals surface area contributed by atoms with Crippen molar-refractivity contribution in [2.75, 3.05) is 0 Å². The van der Waals surface area contributed by atoms with Crippen molar-refractivity contribution in [3.63, 3.8) is 0 Å².